The SMILES string of the molecule is C[C@@H](NC(=O)C(F)(F)C(NC(=O)OCC1c2ccccc2-c2ccccc21)C1CC1)C(=O)O. The summed E-state index contributed by atoms with van der Waals surface area (Å²) in [5.41, 5.74) is 4.04. The van der Waals surface area contributed by atoms with E-state index in [9.17, 15) is 23.2 Å². The van der Waals surface area contributed by atoms with Gasteiger partial charge in [0.2, 0.25) is 0 Å². The molecule has 2 aromatic rings. The zero-order valence-corrected chi connectivity index (χ0v) is 17.9. The molecule has 2 aliphatic rings. The number of carboxylic acids is 1. The fourth-order valence-corrected chi connectivity index (χ4v) is 4.20. The number of benzene rings is 2. The Bertz CT molecular complexity index is 1040. The molecule has 0 heterocycles. The highest BCUT2D eigenvalue weighted by Crippen LogP contribution is 2.44. The van der Waals surface area contributed by atoms with Crippen molar-refractivity contribution in [3.05, 3.63) is 59.7 Å². The van der Waals surface area contributed by atoms with Gasteiger partial charge in [0.25, 0.3) is 5.91 Å². The van der Waals surface area contributed by atoms with Gasteiger partial charge >= 0.3 is 18.0 Å². The number of alkyl halides is 2. The van der Waals surface area contributed by atoms with Crippen LogP contribution in [0, 0.1) is 5.92 Å². The fourth-order valence-electron chi connectivity index (χ4n) is 4.20. The lowest BCUT2D eigenvalue weighted by molar-refractivity contribution is -0.154. The lowest BCUT2D eigenvalue weighted by Gasteiger charge is -2.27. The van der Waals surface area contributed by atoms with Crippen LogP contribution in [-0.2, 0) is 14.3 Å². The van der Waals surface area contributed by atoms with Gasteiger partial charge in [0.15, 0.2) is 0 Å². The maximum Gasteiger partial charge on any atom is 0.407 e. The van der Waals surface area contributed by atoms with Gasteiger partial charge in [-0.05, 0) is 47.9 Å². The second-order valence-corrected chi connectivity index (χ2v) is 8.44. The van der Waals surface area contributed by atoms with Gasteiger partial charge in [-0.1, -0.05) is 48.5 Å². The zero-order valence-electron chi connectivity index (χ0n) is 17.9. The normalized spacial score (nSPS) is 16.8. The largest absolute Gasteiger partial charge is 0.480 e. The first kappa shape index (κ1) is 22.7. The van der Waals surface area contributed by atoms with Crippen molar-refractivity contribution in [3.8, 4) is 11.1 Å². The predicted molar refractivity (Wildman–Crippen MR) is 115 cm³/mol. The number of carbonyl (C=O) groups is 3. The minimum atomic E-state index is -3.99. The molecule has 0 spiro atoms. The smallest absolute Gasteiger partial charge is 0.407 e. The van der Waals surface area contributed by atoms with Gasteiger partial charge in [-0.15, -0.1) is 0 Å². The zero-order chi connectivity index (χ0) is 23.8. The van der Waals surface area contributed by atoms with Crippen LogP contribution in [0.4, 0.5) is 13.6 Å². The number of ether oxygens (including phenoxy) is 1. The summed E-state index contributed by atoms with van der Waals surface area (Å²) in [6.45, 7) is 1.03. The van der Waals surface area contributed by atoms with Crippen molar-refractivity contribution in [3.63, 3.8) is 0 Å². The number of aliphatic carboxylic acids is 1. The lowest BCUT2D eigenvalue weighted by atomic mass is 9.98. The molecular formula is C24H24F2N2O5. The van der Waals surface area contributed by atoms with Crippen molar-refractivity contribution in [2.75, 3.05) is 6.61 Å². The summed E-state index contributed by atoms with van der Waals surface area (Å²) in [4.78, 5) is 35.4. The molecule has 1 unspecified atom stereocenters. The standard InChI is InChI=1S/C24H24F2N2O5/c1-13(21(29)30)27-22(31)24(25,26)20(14-10-11-14)28-23(32)33-12-19-17-8-4-2-6-15(17)16-7-3-5-9-18(16)19/h2-9,13-14,19-20H,10-12H2,1H3,(H,27,31)(H,28,32)(H,29,30)/t13-,20?/m1/s1. The third-order valence-corrected chi connectivity index (χ3v) is 6.12. The molecule has 0 aliphatic heterocycles. The van der Waals surface area contributed by atoms with Crippen LogP contribution in [0.1, 0.15) is 36.8 Å². The van der Waals surface area contributed by atoms with Crippen molar-refractivity contribution in [2.24, 2.45) is 5.92 Å². The lowest BCUT2D eigenvalue weighted by Crippen LogP contribution is -2.58. The second-order valence-electron chi connectivity index (χ2n) is 8.44. The Morgan fingerprint density at radius 2 is 1.58 bits per heavy atom. The van der Waals surface area contributed by atoms with E-state index in [1.807, 2.05) is 48.5 Å². The van der Waals surface area contributed by atoms with Crippen LogP contribution < -0.4 is 10.6 Å². The molecule has 0 bridgehead atoms. The summed E-state index contributed by atoms with van der Waals surface area (Å²) in [7, 11) is 0. The molecule has 2 amide bonds. The predicted octanol–water partition coefficient (Wildman–Crippen LogP) is 3.53. The van der Waals surface area contributed by atoms with E-state index in [4.69, 9.17) is 9.84 Å². The number of halogens is 2. The van der Waals surface area contributed by atoms with Gasteiger partial charge in [-0.3, -0.25) is 9.59 Å². The summed E-state index contributed by atoms with van der Waals surface area (Å²) in [5.74, 6) is -8.00. The van der Waals surface area contributed by atoms with Gasteiger partial charge in [0.1, 0.15) is 18.7 Å². The van der Waals surface area contributed by atoms with E-state index in [1.54, 1.807) is 5.32 Å². The second kappa shape index (κ2) is 8.80. The van der Waals surface area contributed by atoms with Crippen molar-refractivity contribution < 1.29 is 33.0 Å². The van der Waals surface area contributed by atoms with Gasteiger partial charge in [0, 0.05) is 5.92 Å². The van der Waals surface area contributed by atoms with Crippen molar-refractivity contribution in [2.45, 2.75) is 43.7 Å². The fraction of sp³-hybridized carbons (Fsp3) is 0.375. The third kappa shape index (κ3) is 4.53. The number of carbonyl (C=O) groups excluding carboxylic acids is 2. The molecule has 9 heteroatoms. The summed E-state index contributed by atoms with van der Waals surface area (Å²) in [6.07, 6.45) is -0.204. The van der Waals surface area contributed by atoms with E-state index in [0.717, 1.165) is 29.2 Å². The van der Waals surface area contributed by atoms with Gasteiger partial charge < -0.3 is 20.5 Å². The van der Waals surface area contributed by atoms with Crippen LogP contribution in [0.15, 0.2) is 48.5 Å². The Morgan fingerprint density at radius 1 is 1.03 bits per heavy atom. The van der Waals surface area contributed by atoms with Crippen molar-refractivity contribution >= 4 is 18.0 Å². The van der Waals surface area contributed by atoms with Crippen LogP contribution in [0.3, 0.4) is 0 Å². The molecule has 33 heavy (non-hydrogen) atoms. The Morgan fingerprint density at radius 3 is 2.09 bits per heavy atom. The van der Waals surface area contributed by atoms with E-state index in [2.05, 4.69) is 5.32 Å². The number of fused-ring (bicyclic) bond motifs is 3. The molecule has 0 saturated heterocycles. The van der Waals surface area contributed by atoms with Gasteiger partial charge in [-0.2, -0.15) is 8.78 Å². The summed E-state index contributed by atoms with van der Waals surface area (Å²) in [5, 5.41) is 12.8. The third-order valence-electron chi connectivity index (χ3n) is 6.12. The quantitative estimate of drug-likeness (QED) is 0.561. The van der Waals surface area contributed by atoms with Crippen LogP contribution >= 0.6 is 0 Å². The Hall–Kier alpha value is -3.49. The molecule has 1 saturated carbocycles. The molecule has 2 aliphatic carbocycles. The molecule has 2 atom stereocenters. The number of rotatable bonds is 8. The van der Waals surface area contributed by atoms with Crippen molar-refractivity contribution in [1.29, 1.82) is 0 Å². The Labute approximate surface area is 189 Å². The molecule has 0 radical (unpaired) electrons. The van der Waals surface area contributed by atoms with E-state index in [0.29, 0.717) is 12.8 Å². The maximum absolute atomic E-state index is 14.8. The molecular weight excluding hydrogens is 434 g/mol. The minimum absolute atomic E-state index is 0.0505. The van der Waals surface area contributed by atoms with E-state index in [1.165, 1.54) is 0 Å². The highest BCUT2D eigenvalue weighted by Gasteiger charge is 2.55. The topological polar surface area (TPSA) is 105 Å². The number of amides is 2. The molecule has 4 rings (SSSR count). The monoisotopic (exact) mass is 458 g/mol. The Kier molecular flexibility index (Phi) is 6.05. The van der Waals surface area contributed by atoms with E-state index in [-0.39, 0.29) is 12.5 Å². The highest BCUT2D eigenvalue weighted by molar-refractivity contribution is 5.89. The maximum atomic E-state index is 14.8. The number of hydrogen-bond acceptors (Lipinski definition) is 4. The summed E-state index contributed by atoms with van der Waals surface area (Å²) < 4.78 is 35.0. The van der Waals surface area contributed by atoms with Crippen LogP contribution in [0.25, 0.3) is 11.1 Å². The number of hydrogen-bond donors (Lipinski definition) is 3. The summed E-state index contributed by atoms with van der Waals surface area (Å²) in [6, 6.07) is 12.2. The molecule has 7 nitrogen and oxygen atoms in total. The highest BCUT2D eigenvalue weighted by atomic mass is 19.3. The molecule has 0 aromatic heterocycles. The molecule has 174 valence electrons. The molecule has 3 N–H and O–H groups in total. The number of carboxylic acid groups (broad SMARTS) is 1. The molecule has 2 aromatic carbocycles. The molecule has 1 fully saturated rings. The van der Waals surface area contributed by atoms with Crippen LogP contribution in [0.5, 0.6) is 0 Å². The van der Waals surface area contributed by atoms with Gasteiger partial charge in [-0.25, -0.2) is 4.79 Å². The van der Waals surface area contributed by atoms with E-state index >= 15 is 0 Å². The van der Waals surface area contributed by atoms with E-state index < -0.39 is 41.9 Å². The van der Waals surface area contributed by atoms with Gasteiger partial charge in [0.05, 0.1) is 0 Å². The Balaban J connectivity index is 1.43. The number of alkyl carbamates (subject to hydrolysis) is 1. The average molecular weight is 458 g/mol. The minimum Gasteiger partial charge on any atom is -0.480 e. The number of nitrogens with one attached hydrogen (secondary N) is 2. The first-order chi connectivity index (χ1) is 15.7. The first-order valence-corrected chi connectivity index (χ1v) is 10.7. The van der Waals surface area contributed by atoms with Crippen molar-refractivity contribution in [1.82, 2.24) is 10.6 Å². The van der Waals surface area contributed by atoms with Crippen LogP contribution in [-0.4, -0.2) is 47.7 Å². The first-order valence-electron chi connectivity index (χ1n) is 10.7. The summed E-state index contributed by atoms with van der Waals surface area (Å²) >= 11 is 0. The van der Waals surface area contributed by atoms with Crippen LogP contribution in [0.2, 0.25) is 0 Å². The average Bonchev–Trinajstić information content (AvgIpc) is 3.58.